The van der Waals surface area contributed by atoms with Gasteiger partial charge in [0.25, 0.3) is 0 Å². The van der Waals surface area contributed by atoms with E-state index in [4.69, 9.17) is 6.42 Å². The predicted octanol–water partition coefficient (Wildman–Crippen LogP) is 28.1. The van der Waals surface area contributed by atoms with Crippen molar-refractivity contribution in [3.05, 3.63) is 267 Å². The number of nitrogens with zero attached hydrogens (tertiary/aromatic N) is 3. The highest BCUT2D eigenvalue weighted by Gasteiger charge is 2.31. The van der Waals surface area contributed by atoms with Crippen LogP contribution in [-0.2, 0) is 21.7 Å². The molecule has 5 heterocycles. The molecule has 8 aromatic rings. The standard InChI is InChI=1S/C15H19N.C15H18.C13H15F.C12H14FNS.C12H15NS.C12H18.C11H14FI.CH4/c1-11-6-7-14-12(2)16(15(3,4)5)9-8-13(14)10-11;1-11-9-12-7-5-6-8-13(12)10-14(11)15(2,3)4;1-6-10-7-9(2)11(8-12(10)14)13(3,4)5;1-8-11-9(5-6-15-11)10(13)7-14(8)12(2,3)4;1-9-11-10(6-8-14-11)5-7-13(9)12(2,3)4;1-9-6-7-11(10(2)8-9)12(3,4)5;1-7-5-10(13)9(12)6-8(7)11(2,3)4;/h6-10H,2H2,1,3-5H3;5-10H,1-4H3;1,7-8H,2-5H3;5-7H,1H2,2-4H3;5-8H,1H2,2-4H3;6-8H,1-5H3;5-6H,1-4H3;1H4. The zero-order chi connectivity index (χ0) is 75.0. The molecule has 0 amide bonds. The first-order valence-corrected chi connectivity index (χ1v) is 37.0. The Kier molecular flexibility index (Phi) is 28.8. The van der Waals surface area contributed by atoms with Gasteiger partial charge >= 0.3 is 0 Å². The molecule has 3 aliphatic heterocycles. The first-order valence-electron chi connectivity index (χ1n) is 34.1. The first kappa shape index (κ1) is 85.3. The lowest BCUT2D eigenvalue weighted by molar-refractivity contribution is 0.294. The highest BCUT2D eigenvalue weighted by atomic mass is 127. The van der Waals surface area contributed by atoms with Gasteiger partial charge in [-0.05, 0) is 274 Å². The van der Waals surface area contributed by atoms with E-state index in [1.54, 1.807) is 35.6 Å². The molecule has 0 bridgehead atoms. The predicted molar refractivity (Wildman–Crippen MR) is 448 cm³/mol. The van der Waals surface area contributed by atoms with E-state index in [-0.39, 0.29) is 63.2 Å². The highest BCUT2D eigenvalue weighted by Crippen LogP contribution is 2.42. The Morgan fingerprint density at radius 3 is 1.35 bits per heavy atom. The summed E-state index contributed by atoms with van der Waals surface area (Å²) in [4.78, 5) is 8.57. The quantitative estimate of drug-likeness (QED) is 0.111. The minimum absolute atomic E-state index is 0. The third kappa shape index (κ3) is 22.7. The average Bonchev–Trinajstić information content (AvgIpc) is 1.54. The summed E-state index contributed by atoms with van der Waals surface area (Å²) in [5.41, 5.74) is 21.1. The highest BCUT2D eigenvalue weighted by molar-refractivity contribution is 14.1. The summed E-state index contributed by atoms with van der Waals surface area (Å²) in [6.07, 6.45) is 15.3. The topological polar surface area (TPSA) is 9.72 Å². The maximum atomic E-state index is 13.7. The minimum atomic E-state index is -0.303. The van der Waals surface area contributed by atoms with Gasteiger partial charge in [-0.25, -0.2) is 13.2 Å². The van der Waals surface area contributed by atoms with E-state index in [0.29, 0.717) is 14.7 Å². The van der Waals surface area contributed by atoms with E-state index in [9.17, 15) is 13.2 Å². The van der Waals surface area contributed by atoms with Crippen molar-refractivity contribution >= 4 is 91.1 Å². The smallest absolute Gasteiger partial charge is 0.148 e. The van der Waals surface area contributed by atoms with Crippen LogP contribution >= 0.6 is 45.3 Å². The maximum absolute atomic E-state index is 13.7. The fourth-order valence-corrected chi connectivity index (χ4v) is 14.7. The van der Waals surface area contributed by atoms with E-state index >= 15 is 0 Å². The molecule has 9 heteroatoms. The van der Waals surface area contributed by atoms with Crippen LogP contribution in [0, 0.1) is 69.1 Å². The zero-order valence-corrected chi connectivity index (χ0v) is 68.6. The number of halogens is 4. The Balaban J connectivity index is 0.000000248. The summed E-state index contributed by atoms with van der Waals surface area (Å²) < 4.78 is 41.1. The van der Waals surface area contributed by atoms with Crippen LogP contribution in [0.15, 0.2) is 158 Å². The van der Waals surface area contributed by atoms with Crippen molar-refractivity contribution in [2.45, 2.75) is 233 Å². The molecule has 0 spiro atoms. The van der Waals surface area contributed by atoms with Gasteiger partial charge in [-0.15, -0.1) is 29.1 Å². The van der Waals surface area contributed by atoms with Crippen molar-refractivity contribution in [3.63, 3.8) is 0 Å². The summed E-state index contributed by atoms with van der Waals surface area (Å²) in [6.45, 7) is 70.4. The molecule has 0 unspecified atom stereocenters. The summed E-state index contributed by atoms with van der Waals surface area (Å²) in [5.74, 6) is 1.75. The third-order valence-electron chi connectivity index (χ3n) is 17.2. The molecule has 0 saturated heterocycles. The number of benzene rings is 6. The Labute approximate surface area is 626 Å². The number of fused-ring (bicyclic) bond motifs is 4. The van der Waals surface area contributed by atoms with E-state index in [1.807, 2.05) is 73.6 Å². The van der Waals surface area contributed by atoms with E-state index in [2.05, 4.69) is 297 Å². The lowest BCUT2D eigenvalue weighted by atomic mass is 9.83. The molecule has 2 aromatic heterocycles. The number of rotatable bonds is 0. The number of aryl methyl sites for hydroxylation is 6. The first-order chi connectivity index (χ1) is 45.4. The Morgan fingerprint density at radius 2 is 0.840 bits per heavy atom. The largest absolute Gasteiger partial charge is 0.343 e. The minimum Gasteiger partial charge on any atom is -0.343 e. The SMILES string of the molecule is C.C#Cc1cc(C)c(C(C)(C)C)cc1F.C=C1c2ccc(C)cc2C=CN1C(C)(C)C.C=C1c2sccc2C(F)=CN1C(C)(C)C.C=C1c2sccc2C=CN1C(C)(C)C.Cc1cc(I)c(F)cc1C(C)(C)C.Cc1cc2ccccc2cc1C(C)(C)C.Cc1ccc(C(C)(C)C)c(C)c1. The van der Waals surface area contributed by atoms with Gasteiger partial charge in [-0.3, -0.25) is 0 Å². The van der Waals surface area contributed by atoms with Crippen molar-refractivity contribution in [3.8, 4) is 12.3 Å². The second-order valence-electron chi connectivity index (χ2n) is 33.2. The summed E-state index contributed by atoms with van der Waals surface area (Å²) in [6, 6.07) is 37.1. The van der Waals surface area contributed by atoms with Gasteiger partial charge in [0.2, 0.25) is 0 Å². The van der Waals surface area contributed by atoms with Gasteiger partial charge in [0.15, 0.2) is 0 Å². The molecule has 0 N–H and O–H groups in total. The van der Waals surface area contributed by atoms with Crippen LogP contribution in [0.3, 0.4) is 0 Å². The molecule has 0 aliphatic carbocycles. The summed E-state index contributed by atoms with van der Waals surface area (Å²) in [7, 11) is 0. The lowest BCUT2D eigenvalue weighted by Gasteiger charge is -2.38. The number of terminal acetylenes is 1. The van der Waals surface area contributed by atoms with E-state index < -0.39 is 0 Å². The lowest BCUT2D eigenvalue weighted by Crippen LogP contribution is -2.36. The van der Waals surface area contributed by atoms with E-state index in [0.717, 1.165) is 38.7 Å². The van der Waals surface area contributed by atoms with Crippen LogP contribution in [0.5, 0.6) is 0 Å². The third-order valence-corrected chi connectivity index (χ3v) is 20.0. The van der Waals surface area contributed by atoms with Gasteiger partial charge in [0.05, 0.1) is 26.7 Å². The Morgan fingerprint density at radius 1 is 0.420 bits per heavy atom. The van der Waals surface area contributed by atoms with Crippen LogP contribution in [0.25, 0.3) is 45.8 Å². The molecule has 0 fully saturated rings. The van der Waals surface area contributed by atoms with Crippen LogP contribution in [-0.4, -0.2) is 31.3 Å². The molecule has 11 rings (SSSR count). The zero-order valence-electron chi connectivity index (χ0n) is 64.8. The fourth-order valence-electron chi connectivity index (χ4n) is 12.3. The molecule has 3 aliphatic rings. The molecular formula is C91H117F3IN3S2. The van der Waals surface area contributed by atoms with Crippen molar-refractivity contribution in [1.29, 1.82) is 0 Å². The Hall–Kier alpha value is -7.10. The second-order valence-corrected chi connectivity index (χ2v) is 36.2. The summed E-state index contributed by atoms with van der Waals surface area (Å²) >= 11 is 5.32. The Bertz CT molecular complexity index is 4330. The fraction of sp³-hybridized carbons (Fsp3) is 0.385. The monoisotopic (exact) mass is 1500 g/mol. The van der Waals surface area contributed by atoms with Crippen molar-refractivity contribution in [2.75, 3.05) is 0 Å². The van der Waals surface area contributed by atoms with E-state index in [1.165, 1.54) is 88.8 Å². The molecule has 6 aromatic carbocycles. The van der Waals surface area contributed by atoms with Crippen LogP contribution in [0.4, 0.5) is 13.2 Å². The van der Waals surface area contributed by atoms with Gasteiger partial charge < -0.3 is 14.7 Å². The second kappa shape index (κ2) is 33.8. The van der Waals surface area contributed by atoms with Gasteiger partial charge in [-0.2, -0.15) is 0 Å². The molecule has 100 heavy (non-hydrogen) atoms. The van der Waals surface area contributed by atoms with Crippen molar-refractivity contribution in [2.24, 2.45) is 0 Å². The van der Waals surface area contributed by atoms with Crippen molar-refractivity contribution in [1.82, 2.24) is 14.7 Å². The molecule has 3 nitrogen and oxygen atoms in total. The number of hydrogen-bond acceptors (Lipinski definition) is 5. The number of thiophene rings is 2. The van der Waals surface area contributed by atoms with Crippen LogP contribution < -0.4 is 0 Å². The molecule has 0 atom stereocenters. The maximum Gasteiger partial charge on any atom is 0.148 e. The van der Waals surface area contributed by atoms with Crippen LogP contribution in [0.1, 0.15) is 246 Å². The normalized spacial score (nSPS) is 13.4. The molecule has 0 saturated carbocycles. The average molecular weight is 1500 g/mol. The number of hydrogen-bond donors (Lipinski definition) is 0. The van der Waals surface area contributed by atoms with Gasteiger partial charge in [0.1, 0.15) is 17.5 Å². The summed E-state index contributed by atoms with van der Waals surface area (Å²) in [5, 5.41) is 6.69. The molecule has 536 valence electrons. The van der Waals surface area contributed by atoms with Crippen molar-refractivity contribution < 1.29 is 13.2 Å². The van der Waals surface area contributed by atoms with Gasteiger partial charge in [-0.1, -0.05) is 200 Å². The molecule has 0 radical (unpaired) electrons. The molecular weight excluding hydrogens is 1380 g/mol. The van der Waals surface area contributed by atoms with Gasteiger partial charge in [0, 0.05) is 55.6 Å². The van der Waals surface area contributed by atoms with Crippen LogP contribution in [0.2, 0.25) is 0 Å².